The van der Waals surface area contributed by atoms with Crippen molar-refractivity contribution in [3.63, 3.8) is 0 Å². The van der Waals surface area contributed by atoms with Crippen molar-refractivity contribution >= 4 is 0 Å². The van der Waals surface area contributed by atoms with Crippen molar-refractivity contribution in [1.82, 2.24) is 0 Å². The monoisotopic (exact) mass is 219 g/mol. The van der Waals surface area contributed by atoms with Crippen LogP contribution in [0.15, 0.2) is 24.3 Å². The fourth-order valence-electron chi connectivity index (χ4n) is 1.76. The largest absolute Gasteiger partial charge is 0.380 e. The van der Waals surface area contributed by atoms with Crippen LogP contribution in [0.2, 0.25) is 0 Å². The van der Waals surface area contributed by atoms with Gasteiger partial charge in [0.15, 0.2) is 0 Å². The SMILES string of the molecule is Cc1ccc(CC(N)COCC2CC2)cc1. The minimum Gasteiger partial charge on any atom is -0.380 e. The lowest BCUT2D eigenvalue weighted by Gasteiger charge is -2.12. The molecule has 2 heteroatoms. The quantitative estimate of drug-likeness (QED) is 0.796. The van der Waals surface area contributed by atoms with E-state index in [1.165, 1.54) is 24.0 Å². The number of hydrogen-bond donors (Lipinski definition) is 1. The lowest BCUT2D eigenvalue weighted by Crippen LogP contribution is -2.29. The van der Waals surface area contributed by atoms with E-state index in [-0.39, 0.29) is 6.04 Å². The van der Waals surface area contributed by atoms with Crippen LogP contribution in [-0.2, 0) is 11.2 Å². The first-order valence-electron chi connectivity index (χ1n) is 6.13. The second-order valence-electron chi connectivity index (χ2n) is 4.93. The summed E-state index contributed by atoms with van der Waals surface area (Å²) in [6.07, 6.45) is 3.59. The van der Waals surface area contributed by atoms with Gasteiger partial charge in [0.25, 0.3) is 0 Å². The number of hydrogen-bond acceptors (Lipinski definition) is 2. The molecule has 2 N–H and O–H groups in total. The standard InChI is InChI=1S/C14H21NO/c1-11-2-4-12(5-3-11)8-14(15)10-16-9-13-6-7-13/h2-5,13-14H,6-10,15H2,1H3. The maximum Gasteiger partial charge on any atom is 0.0620 e. The predicted octanol–water partition coefficient (Wildman–Crippen LogP) is 2.29. The van der Waals surface area contributed by atoms with Crippen molar-refractivity contribution in [1.29, 1.82) is 0 Å². The Morgan fingerprint density at radius 1 is 1.31 bits per heavy atom. The van der Waals surface area contributed by atoms with Gasteiger partial charge in [-0.2, -0.15) is 0 Å². The Bertz CT molecular complexity index is 316. The molecular weight excluding hydrogens is 198 g/mol. The smallest absolute Gasteiger partial charge is 0.0620 e. The molecule has 1 aromatic carbocycles. The zero-order valence-corrected chi connectivity index (χ0v) is 9.99. The lowest BCUT2D eigenvalue weighted by molar-refractivity contribution is 0.112. The average molecular weight is 219 g/mol. The van der Waals surface area contributed by atoms with Gasteiger partial charge in [0.2, 0.25) is 0 Å². The van der Waals surface area contributed by atoms with Crippen LogP contribution in [0.4, 0.5) is 0 Å². The highest BCUT2D eigenvalue weighted by Gasteiger charge is 2.21. The molecule has 1 atom stereocenters. The molecule has 16 heavy (non-hydrogen) atoms. The summed E-state index contributed by atoms with van der Waals surface area (Å²) in [4.78, 5) is 0. The van der Waals surface area contributed by atoms with E-state index in [1.54, 1.807) is 0 Å². The van der Waals surface area contributed by atoms with Crippen molar-refractivity contribution in [3.8, 4) is 0 Å². The normalized spacial score (nSPS) is 17.4. The maximum atomic E-state index is 6.03. The van der Waals surface area contributed by atoms with Crippen LogP contribution in [0.1, 0.15) is 24.0 Å². The van der Waals surface area contributed by atoms with Gasteiger partial charge in [-0.3, -0.25) is 0 Å². The summed E-state index contributed by atoms with van der Waals surface area (Å²) >= 11 is 0. The summed E-state index contributed by atoms with van der Waals surface area (Å²) in [6.45, 7) is 3.69. The molecule has 0 heterocycles. The molecule has 2 rings (SSSR count). The Labute approximate surface area is 97.8 Å². The summed E-state index contributed by atoms with van der Waals surface area (Å²) in [5.41, 5.74) is 8.62. The molecule has 2 nitrogen and oxygen atoms in total. The third-order valence-corrected chi connectivity index (χ3v) is 3.00. The first-order valence-corrected chi connectivity index (χ1v) is 6.13. The van der Waals surface area contributed by atoms with Crippen molar-refractivity contribution in [2.75, 3.05) is 13.2 Å². The minimum atomic E-state index is 0.126. The first-order chi connectivity index (χ1) is 7.74. The second kappa shape index (κ2) is 5.46. The Balaban J connectivity index is 1.68. The van der Waals surface area contributed by atoms with E-state index in [9.17, 15) is 0 Å². The van der Waals surface area contributed by atoms with Crippen LogP contribution in [0.5, 0.6) is 0 Å². The molecule has 1 saturated carbocycles. The zero-order chi connectivity index (χ0) is 11.4. The molecule has 0 aliphatic heterocycles. The molecule has 0 aromatic heterocycles. The van der Waals surface area contributed by atoms with Crippen LogP contribution < -0.4 is 5.73 Å². The van der Waals surface area contributed by atoms with E-state index in [0.29, 0.717) is 6.61 Å². The zero-order valence-electron chi connectivity index (χ0n) is 9.99. The summed E-state index contributed by atoms with van der Waals surface area (Å²) in [5, 5.41) is 0. The summed E-state index contributed by atoms with van der Waals surface area (Å²) < 4.78 is 5.59. The third-order valence-electron chi connectivity index (χ3n) is 3.00. The van der Waals surface area contributed by atoms with Crippen LogP contribution >= 0.6 is 0 Å². The summed E-state index contributed by atoms with van der Waals surface area (Å²) in [7, 11) is 0. The molecule has 1 fully saturated rings. The van der Waals surface area contributed by atoms with Crippen molar-refractivity contribution < 1.29 is 4.74 Å². The number of nitrogens with two attached hydrogens (primary N) is 1. The van der Waals surface area contributed by atoms with E-state index >= 15 is 0 Å². The second-order valence-corrected chi connectivity index (χ2v) is 4.93. The van der Waals surface area contributed by atoms with Gasteiger partial charge in [-0.15, -0.1) is 0 Å². The molecule has 1 aliphatic carbocycles. The first kappa shape index (κ1) is 11.6. The van der Waals surface area contributed by atoms with Gasteiger partial charge in [0, 0.05) is 12.6 Å². The van der Waals surface area contributed by atoms with Crippen LogP contribution in [0.3, 0.4) is 0 Å². The molecule has 0 bridgehead atoms. The van der Waals surface area contributed by atoms with E-state index in [2.05, 4.69) is 31.2 Å². The molecule has 1 aliphatic rings. The highest BCUT2D eigenvalue weighted by Crippen LogP contribution is 2.28. The third kappa shape index (κ3) is 3.95. The maximum absolute atomic E-state index is 6.03. The van der Waals surface area contributed by atoms with Gasteiger partial charge in [-0.05, 0) is 37.7 Å². The molecule has 0 amide bonds. The predicted molar refractivity (Wildman–Crippen MR) is 66.4 cm³/mol. The number of benzene rings is 1. The van der Waals surface area contributed by atoms with E-state index in [0.717, 1.165) is 18.9 Å². The Morgan fingerprint density at radius 2 is 2.00 bits per heavy atom. The Morgan fingerprint density at radius 3 is 2.62 bits per heavy atom. The Kier molecular flexibility index (Phi) is 3.97. The topological polar surface area (TPSA) is 35.2 Å². The molecule has 88 valence electrons. The molecular formula is C14H21NO. The van der Waals surface area contributed by atoms with Gasteiger partial charge in [-0.25, -0.2) is 0 Å². The van der Waals surface area contributed by atoms with Gasteiger partial charge < -0.3 is 10.5 Å². The molecule has 0 spiro atoms. The average Bonchev–Trinajstić information content (AvgIpc) is 3.05. The van der Waals surface area contributed by atoms with Crippen LogP contribution in [0.25, 0.3) is 0 Å². The van der Waals surface area contributed by atoms with Gasteiger partial charge in [-0.1, -0.05) is 29.8 Å². The molecule has 1 unspecified atom stereocenters. The van der Waals surface area contributed by atoms with Gasteiger partial charge in [0.05, 0.1) is 6.61 Å². The van der Waals surface area contributed by atoms with Crippen LogP contribution in [0, 0.1) is 12.8 Å². The number of rotatable bonds is 6. The highest BCUT2D eigenvalue weighted by atomic mass is 16.5. The Hall–Kier alpha value is -0.860. The number of aryl methyl sites for hydroxylation is 1. The van der Waals surface area contributed by atoms with E-state index in [4.69, 9.17) is 10.5 Å². The van der Waals surface area contributed by atoms with E-state index in [1.807, 2.05) is 0 Å². The molecule has 0 radical (unpaired) electrons. The van der Waals surface area contributed by atoms with Crippen LogP contribution in [-0.4, -0.2) is 19.3 Å². The van der Waals surface area contributed by atoms with Gasteiger partial charge in [0.1, 0.15) is 0 Å². The van der Waals surface area contributed by atoms with Crippen molar-refractivity contribution in [2.24, 2.45) is 11.7 Å². The molecule has 0 saturated heterocycles. The highest BCUT2D eigenvalue weighted by molar-refractivity contribution is 5.21. The summed E-state index contributed by atoms with van der Waals surface area (Å²) in [6, 6.07) is 8.69. The lowest BCUT2D eigenvalue weighted by atomic mass is 10.1. The van der Waals surface area contributed by atoms with Crippen molar-refractivity contribution in [2.45, 2.75) is 32.2 Å². The fourth-order valence-corrected chi connectivity index (χ4v) is 1.76. The summed E-state index contributed by atoms with van der Waals surface area (Å²) in [5.74, 6) is 0.826. The van der Waals surface area contributed by atoms with E-state index < -0.39 is 0 Å². The molecule has 1 aromatic rings. The number of ether oxygens (including phenoxy) is 1. The van der Waals surface area contributed by atoms with Crippen molar-refractivity contribution in [3.05, 3.63) is 35.4 Å². The minimum absolute atomic E-state index is 0.126. The fraction of sp³-hybridized carbons (Fsp3) is 0.571. The van der Waals surface area contributed by atoms with Gasteiger partial charge >= 0.3 is 0 Å².